The van der Waals surface area contributed by atoms with E-state index in [9.17, 15) is 58.5 Å². The highest BCUT2D eigenvalue weighted by atomic mass is 32.1. The smallest absolute Gasteiger partial charge is 0.327 e. The van der Waals surface area contributed by atoms with E-state index in [0.717, 1.165) is 0 Å². The normalized spacial score (nSPS) is 14.1. The Morgan fingerprint density at radius 3 is 1.76 bits per heavy atom. The number of rotatable bonds is 28. The number of carbonyl (C=O) groups is 9. The number of nitrogens with one attached hydrogen (secondary N) is 6. The molecule has 55 heavy (non-hydrogen) atoms. The van der Waals surface area contributed by atoms with E-state index in [1.165, 1.54) is 0 Å². The van der Waals surface area contributed by atoms with Crippen LogP contribution in [-0.4, -0.2) is 134 Å². The fraction of sp³-hybridized carbons (Fsp3) is 0.545. The maximum Gasteiger partial charge on any atom is 0.327 e. The molecule has 1 aromatic carbocycles. The van der Waals surface area contributed by atoms with Crippen LogP contribution in [0.15, 0.2) is 30.3 Å². The predicted octanol–water partition coefficient (Wildman–Crippen LogP) is -1.24. The standard InChI is InChI=1S/C33H48N6O15S/c1-18(34-17-54-13-5-8-20(30(47)48)38-33(53)39-21(31(49)50)10-12-26(41)42)9-11-25(40)35-23(15-27(43)44)29(46)36-22(14-19-6-3-2-4-7-19)28(45)37-24(16-55)32(51)52/h2-4,6-7,18,20-24,34,55H,5,8-17H2,1H3,(H,35,40)(H,36,46)(H,37,45)(H,41,42)(H,43,44)(H,47,48)(H,49,50)(H,51,52)(H2,38,39,53)/t18-,20+,21+,22+,23+,24+/m1/s1. The van der Waals surface area contributed by atoms with Crippen molar-refractivity contribution < 1.29 is 73.4 Å². The predicted molar refractivity (Wildman–Crippen MR) is 193 cm³/mol. The highest BCUT2D eigenvalue weighted by Gasteiger charge is 2.31. The van der Waals surface area contributed by atoms with Gasteiger partial charge in [0.25, 0.3) is 0 Å². The van der Waals surface area contributed by atoms with Crippen molar-refractivity contribution in [3.63, 3.8) is 0 Å². The zero-order valence-corrected chi connectivity index (χ0v) is 30.8. The van der Waals surface area contributed by atoms with Gasteiger partial charge in [-0.15, -0.1) is 0 Å². The third-order valence-corrected chi connectivity index (χ3v) is 8.08. The fourth-order valence-corrected chi connectivity index (χ4v) is 4.94. The van der Waals surface area contributed by atoms with Crippen LogP contribution in [0.4, 0.5) is 4.79 Å². The van der Waals surface area contributed by atoms with E-state index in [0.29, 0.717) is 5.56 Å². The Morgan fingerprint density at radius 1 is 0.655 bits per heavy atom. The summed E-state index contributed by atoms with van der Waals surface area (Å²) >= 11 is 3.92. The first-order valence-electron chi connectivity index (χ1n) is 17.0. The molecule has 5 amide bonds. The van der Waals surface area contributed by atoms with Crippen molar-refractivity contribution >= 4 is 66.2 Å². The Morgan fingerprint density at radius 2 is 1.22 bits per heavy atom. The lowest BCUT2D eigenvalue weighted by Gasteiger charge is -2.24. The number of hydrogen-bond acceptors (Lipinski definition) is 12. The summed E-state index contributed by atoms with van der Waals surface area (Å²) in [4.78, 5) is 108. The number of urea groups is 1. The van der Waals surface area contributed by atoms with Crippen LogP contribution in [0.3, 0.4) is 0 Å². The number of benzene rings is 1. The largest absolute Gasteiger partial charge is 0.481 e. The van der Waals surface area contributed by atoms with Gasteiger partial charge in [-0.1, -0.05) is 30.3 Å². The van der Waals surface area contributed by atoms with Crippen molar-refractivity contribution in [2.45, 2.75) is 94.5 Å². The van der Waals surface area contributed by atoms with Crippen LogP contribution in [0.1, 0.15) is 57.4 Å². The molecule has 0 aliphatic carbocycles. The molecule has 0 heterocycles. The molecule has 0 radical (unpaired) electrons. The summed E-state index contributed by atoms with van der Waals surface area (Å²) in [5.41, 5.74) is 0.607. The molecule has 0 spiro atoms. The Hall–Kier alpha value is -5.48. The molecule has 0 aromatic heterocycles. The van der Waals surface area contributed by atoms with E-state index in [1.807, 2.05) is 5.32 Å². The van der Waals surface area contributed by atoms with Gasteiger partial charge < -0.3 is 56.9 Å². The summed E-state index contributed by atoms with van der Waals surface area (Å²) < 4.78 is 5.43. The summed E-state index contributed by atoms with van der Waals surface area (Å²) in [5, 5.41) is 60.2. The van der Waals surface area contributed by atoms with Crippen molar-refractivity contribution in [2.24, 2.45) is 0 Å². The molecular weight excluding hydrogens is 752 g/mol. The quantitative estimate of drug-likeness (QED) is 0.0268. The van der Waals surface area contributed by atoms with E-state index < -0.39 is 103 Å². The molecule has 306 valence electrons. The molecule has 21 nitrogen and oxygen atoms in total. The average Bonchev–Trinajstić information content (AvgIpc) is 3.11. The van der Waals surface area contributed by atoms with E-state index in [-0.39, 0.29) is 57.2 Å². The second-order valence-corrected chi connectivity index (χ2v) is 12.6. The lowest BCUT2D eigenvalue weighted by atomic mass is 10.0. The molecule has 1 aromatic rings. The second-order valence-electron chi connectivity index (χ2n) is 12.2. The first-order chi connectivity index (χ1) is 25.9. The number of ether oxygens (including phenoxy) is 1. The molecule has 0 aliphatic rings. The third kappa shape index (κ3) is 20.5. The van der Waals surface area contributed by atoms with Crippen LogP contribution >= 0.6 is 12.6 Å². The molecule has 0 fully saturated rings. The van der Waals surface area contributed by atoms with Gasteiger partial charge in [0, 0.05) is 37.7 Å². The number of amides is 5. The van der Waals surface area contributed by atoms with Gasteiger partial charge in [-0.05, 0) is 38.2 Å². The number of hydrogen-bond donors (Lipinski definition) is 12. The Balaban J connectivity index is 2.62. The summed E-state index contributed by atoms with van der Waals surface area (Å²) in [6.07, 6.45) is -1.70. The summed E-state index contributed by atoms with van der Waals surface area (Å²) in [5.74, 6) is -9.66. The number of carboxylic acids is 5. The molecule has 0 aliphatic heterocycles. The van der Waals surface area contributed by atoms with Gasteiger partial charge in [0.15, 0.2) is 0 Å². The van der Waals surface area contributed by atoms with E-state index in [1.54, 1.807) is 37.3 Å². The van der Waals surface area contributed by atoms with Gasteiger partial charge in [0.1, 0.15) is 30.2 Å². The maximum absolute atomic E-state index is 13.2. The molecule has 1 rings (SSSR count). The van der Waals surface area contributed by atoms with Crippen molar-refractivity contribution in [1.82, 2.24) is 31.9 Å². The minimum atomic E-state index is -1.58. The minimum Gasteiger partial charge on any atom is -0.481 e. The first-order valence-corrected chi connectivity index (χ1v) is 17.6. The van der Waals surface area contributed by atoms with Crippen LogP contribution in [0.25, 0.3) is 0 Å². The van der Waals surface area contributed by atoms with Crippen LogP contribution < -0.4 is 31.9 Å². The third-order valence-electron chi connectivity index (χ3n) is 7.72. The van der Waals surface area contributed by atoms with E-state index in [4.69, 9.17) is 14.9 Å². The monoisotopic (exact) mass is 800 g/mol. The van der Waals surface area contributed by atoms with E-state index in [2.05, 4.69) is 39.2 Å². The van der Waals surface area contributed by atoms with Crippen LogP contribution in [-0.2, 0) is 49.5 Å². The maximum atomic E-state index is 13.2. The van der Waals surface area contributed by atoms with Crippen LogP contribution in [0.5, 0.6) is 0 Å². The zero-order chi connectivity index (χ0) is 41.5. The Kier molecular flexibility index (Phi) is 22.1. The molecule has 0 unspecified atom stereocenters. The van der Waals surface area contributed by atoms with Gasteiger partial charge in [-0.2, -0.15) is 12.6 Å². The highest BCUT2D eigenvalue weighted by molar-refractivity contribution is 7.80. The van der Waals surface area contributed by atoms with E-state index >= 15 is 0 Å². The number of carbonyl (C=O) groups excluding carboxylic acids is 4. The van der Waals surface area contributed by atoms with Gasteiger partial charge in [0.2, 0.25) is 17.7 Å². The van der Waals surface area contributed by atoms with Crippen molar-refractivity contribution in [2.75, 3.05) is 19.1 Å². The highest BCUT2D eigenvalue weighted by Crippen LogP contribution is 2.07. The molecular formula is C33H48N6O15S. The zero-order valence-electron chi connectivity index (χ0n) is 29.9. The number of thiol groups is 1. The summed E-state index contributed by atoms with van der Waals surface area (Å²) in [6, 6.07) is -0.192. The van der Waals surface area contributed by atoms with Crippen molar-refractivity contribution in [1.29, 1.82) is 0 Å². The molecule has 11 N–H and O–H groups in total. The van der Waals surface area contributed by atoms with Gasteiger partial charge >= 0.3 is 35.9 Å². The van der Waals surface area contributed by atoms with Crippen LogP contribution in [0.2, 0.25) is 0 Å². The topological polar surface area (TPSA) is 336 Å². The molecule has 0 saturated carbocycles. The molecule has 0 bridgehead atoms. The number of carboxylic acid groups (broad SMARTS) is 5. The van der Waals surface area contributed by atoms with Crippen LogP contribution in [0, 0.1) is 0 Å². The van der Waals surface area contributed by atoms with Gasteiger partial charge in [0.05, 0.1) is 13.2 Å². The fourth-order valence-electron chi connectivity index (χ4n) is 4.69. The van der Waals surface area contributed by atoms with Crippen molar-refractivity contribution in [3.05, 3.63) is 35.9 Å². The Bertz CT molecular complexity index is 1480. The first kappa shape index (κ1) is 47.5. The summed E-state index contributed by atoms with van der Waals surface area (Å²) in [7, 11) is 0. The lowest BCUT2D eigenvalue weighted by molar-refractivity contribution is -0.142. The molecule has 6 atom stereocenters. The Labute approximate surface area is 320 Å². The minimum absolute atomic E-state index is 0.0246. The second kappa shape index (κ2) is 25.5. The molecule has 22 heteroatoms. The molecule has 0 saturated heterocycles. The van der Waals surface area contributed by atoms with Gasteiger partial charge in [-0.3, -0.25) is 29.3 Å². The average molecular weight is 801 g/mol. The lowest BCUT2D eigenvalue weighted by Crippen LogP contribution is -2.57. The SMILES string of the molecule is C[C@H](CCC(=O)N[C@@H](CC(=O)O)C(=O)N[C@@H](Cc1ccccc1)C(=O)N[C@@H](CS)C(=O)O)NCOCCC[C@H](NC(=O)N[C@@H](CCC(=O)O)C(=O)O)C(=O)O. The van der Waals surface area contributed by atoms with Gasteiger partial charge in [-0.25, -0.2) is 19.2 Å². The summed E-state index contributed by atoms with van der Waals surface area (Å²) in [6.45, 7) is 1.73. The van der Waals surface area contributed by atoms with Crippen molar-refractivity contribution in [3.8, 4) is 0 Å². The number of aliphatic carboxylic acids is 5.